The largest absolute Gasteiger partial charge is 0.504 e. The summed E-state index contributed by atoms with van der Waals surface area (Å²) in [5.41, 5.74) is 0.833. The van der Waals surface area contributed by atoms with Gasteiger partial charge in [0.15, 0.2) is 11.5 Å². The van der Waals surface area contributed by atoms with Crippen LogP contribution in [-0.4, -0.2) is 18.8 Å². The van der Waals surface area contributed by atoms with Crippen molar-refractivity contribution in [2.45, 2.75) is 32.6 Å². The van der Waals surface area contributed by atoms with Gasteiger partial charge in [-0.15, -0.1) is 0 Å². The molecule has 0 aromatic heterocycles. The smallest absolute Gasteiger partial charge is 0.161 e. The van der Waals surface area contributed by atoms with E-state index < -0.39 is 0 Å². The highest BCUT2D eigenvalue weighted by Crippen LogP contribution is 2.29. The number of rotatable bonds is 8. The molecule has 0 aliphatic rings. The Morgan fingerprint density at radius 2 is 2.06 bits per heavy atom. The number of benzene rings is 1. The molecule has 0 spiro atoms. The van der Waals surface area contributed by atoms with Crippen LogP contribution in [0.25, 0.3) is 5.76 Å². The minimum absolute atomic E-state index is 0.122. The maximum absolute atomic E-state index is 9.49. The first-order chi connectivity index (χ1) is 8.69. The molecule has 18 heavy (non-hydrogen) atoms. The molecule has 0 amide bonds. The van der Waals surface area contributed by atoms with Gasteiger partial charge in [0, 0.05) is 5.56 Å². The van der Waals surface area contributed by atoms with Crippen LogP contribution in [0.5, 0.6) is 11.5 Å². The summed E-state index contributed by atoms with van der Waals surface area (Å²) in [4.78, 5) is 0. The standard InChI is InChI=1S/C15H22O3/c1-4-5-6-7-10-18-12(2)13-8-9-14(16)15(11-13)17-3/h8-9,11,16H,2,4-7,10H2,1,3H3. The van der Waals surface area contributed by atoms with Crippen LogP contribution in [0, 0.1) is 0 Å². The molecule has 0 unspecified atom stereocenters. The second-order valence-electron chi connectivity index (χ2n) is 4.22. The molecule has 0 bridgehead atoms. The van der Waals surface area contributed by atoms with Crippen molar-refractivity contribution in [3.05, 3.63) is 30.3 Å². The summed E-state index contributed by atoms with van der Waals surface area (Å²) >= 11 is 0. The average molecular weight is 250 g/mol. The third-order valence-corrected chi connectivity index (χ3v) is 2.78. The number of ether oxygens (including phenoxy) is 2. The van der Waals surface area contributed by atoms with Crippen molar-refractivity contribution in [1.29, 1.82) is 0 Å². The van der Waals surface area contributed by atoms with Crippen LogP contribution in [0.15, 0.2) is 24.8 Å². The molecule has 0 fully saturated rings. The molecular weight excluding hydrogens is 228 g/mol. The van der Waals surface area contributed by atoms with Gasteiger partial charge in [-0.2, -0.15) is 0 Å². The van der Waals surface area contributed by atoms with E-state index in [0.717, 1.165) is 12.0 Å². The quantitative estimate of drug-likeness (QED) is 0.560. The summed E-state index contributed by atoms with van der Waals surface area (Å²) in [5.74, 6) is 1.17. The predicted molar refractivity (Wildman–Crippen MR) is 73.8 cm³/mol. The summed E-state index contributed by atoms with van der Waals surface area (Å²) in [6.07, 6.45) is 4.68. The predicted octanol–water partition coefficient (Wildman–Crippen LogP) is 3.97. The monoisotopic (exact) mass is 250 g/mol. The van der Waals surface area contributed by atoms with Crippen LogP contribution in [-0.2, 0) is 4.74 Å². The van der Waals surface area contributed by atoms with Gasteiger partial charge in [0.25, 0.3) is 0 Å². The normalized spacial score (nSPS) is 10.1. The minimum Gasteiger partial charge on any atom is -0.504 e. The van der Waals surface area contributed by atoms with Crippen LogP contribution in [0.4, 0.5) is 0 Å². The average Bonchev–Trinajstić information content (AvgIpc) is 2.38. The number of phenols is 1. The zero-order valence-electron chi connectivity index (χ0n) is 11.2. The maximum Gasteiger partial charge on any atom is 0.161 e. The third-order valence-electron chi connectivity index (χ3n) is 2.78. The first-order valence-electron chi connectivity index (χ1n) is 6.38. The van der Waals surface area contributed by atoms with Gasteiger partial charge in [-0.05, 0) is 24.6 Å². The van der Waals surface area contributed by atoms with Gasteiger partial charge < -0.3 is 14.6 Å². The van der Waals surface area contributed by atoms with Crippen molar-refractivity contribution in [2.75, 3.05) is 13.7 Å². The summed E-state index contributed by atoms with van der Waals surface area (Å²) in [6.45, 7) is 6.75. The van der Waals surface area contributed by atoms with Crippen LogP contribution in [0.1, 0.15) is 38.2 Å². The summed E-state index contributed by atoms with van der Waals surface area (Å²) in [6, 6.07) is 5.08. The van der Waals surface area contributed by atoms with Gasteiger partial charge in [0.1, 0.15) is 5.76 Å². The molecule has 1 N–H and O–H groups in total. The molecule has 0 saturated heterocycles. The molecule has 0 aliphatic heterocycles. The first-order valence-corrected chi connectivity index (χ1v) is 6.38. The van der Waals surface area contributed by atoms with Crippen molar-refractivity contribution in [1.82, 2.24) is 0 Å². The molecule has 0 atom stereocenters. The van der Waals surface area contributed by atoms with Crippen LogP contribution in [0.2, 0.25) is 0 Å². The van der Waals surface area contributed by atoms with E-state index in [2.05, 4.69) is 13.5 Å². The Labute approximate surface area is 109 Å². The molecule has 0 saturated carbocycles. The van der Waals surface area contributed by atoms with Gasteiger partial charge in [-0.3, -0.25) is 0 Å². The fraction of sp³-hybridized carbons (Fsp3) is 0.467. The van der Waals surface area contributed by atoms with Gasteiger partial charge in [-0.25, -0.2) is 0 Å². The number of hydrogen-bond donors (Lipinski definition) is 1. The Bertz CT molecular complexity index is 385. The number of unbranched alkanes of at least 4 members (excludes halogenated alkanes) is 3. The minimum atomic E-state index is 0.122. The van der Waals surface area contributed by atoms with Crippen LogP contribution < -0.4 is 4.74 Å². The lowest BCUT2D eigenvalue weighted by atomic mass is 10.1. The Balaban J connectivity index is 2.46. The van der Waals surface area contributed by atoms with E-state index in [0.29, 0.717) is 18.1 Å². The Morgan fingerprint density at radius 3 is 2.72 bits per heavy atom. The van der Waals surface area contributed by atoms with E-state index in [4.69, 9.17) is 9.47 Å². The molecule has 1 aromatic carbocycles. The summed E-state index contributed by atoms with van der Waals surface area (Å²) in [5, 5.41) is 9.49. The molecule has 0 aliphatic carbocycles. The van der Waals surface area contributed by atoms with Gasteiger partial charge in [0.2, 0.25) is 0 Å². The lowest BCUT2D eigenvalue weighted by Gasteiger charge is -2.11. The Kier molecular flexibility index (Phi) is 6.12. The summed E-state index contributed by atoms with van der Waals surface area (Å²) < 4.78 is 10.6. The second-order valence-corrected chi connectivity index (χ2v) is 4.22. The third kappa shape index (κ3) is 4.32. The van der Waals surface area contributed by atoms with E-state index in [9.17, 15) is 5.11 Å². The second kappa shape index (κ2) is 7.64. The van der Waals surface area contributed by atoms with E-state index in [-0.39, 0.29) is 5.75 Å². The number of phenolic OH excluding ortho intramolecular Hbond substituents is 1. The Hall–Kier alpha value is -1.64. The topological polar surface area (TPSA) is 38.7 Å². The molecule has 3 heteroatoms. The summed E-state index contributed by atoms with van der Waals surface area (Å²) in [7, 11) is 1.52. The fourth-order valence-corrected chi connectivity index (χ4v) is 1.66. The van der Waals surface area contributed by atoms with Crippen molar-refractivity contribution in [3.8, 4) is 11.5 Å². The van der Waals surface area contributed by atoms with E-state index in [1.807, 2.05) is 0 Å². The first kappa shape index (κ1) is 14.4. The molecule has 100 valence electrons. The number of hydrogen-bond acceptors (Lipinski definition) is 3. The van der Waals surface area contributed by atoms with Crippen LogP contribution >= 0.6 is 0 Å². The molecule has 0 heterocycles. The molecule has 3 nitrogen and oxygen atoms in total. The highest BCUT2D eigenvalue weighted by molar-refractivity contribution is 5.61. The van der Waals surface area contributed by atoms with E-state index in [1.54, 1.807) is 18.2 Å². The van der Waals surface area contributed by atoms with Crippen molar-refractivity contribution < 1.29 is 14.6 Å². The highest BCUT2D eigenvalue weighted by Gasteiger charge is 2.06. The lowest BCUT2D eigenvalue weighted by molar-refractivity contribution is 0.267. The van der Waals surface area contributed by atoms with Gasteiger partial charge >= 0.3 is 0 Å². The highest BCUT2D eigenvalue weighted by atomic mass is 16.5. The van der Waals surface area contributed by atoms with E-state index in [1.165, 1.54) is 26.4 Å². The van der Waals surface area contributed by atoms with Crippen molar-refractivity contribution in [3.63, 3.8) is 0 Å². The maximum atomic E-state index is 9.49. The fourth-order valence-electron chi connectivity index (χ4n) is 1.66. The number of aromatic hydroxyl groups is 1. The zero-order valence-corrected chi connectivity index (χ0v) is 11.2. The van der Waals surface area contributed by atoms with Gasteiger partial charge in [0.05, 0.1) is 13.7 Å². The lowest BCUT2D eigenvalue weighted by Crippen LogP contribution is -1.95. The number of methoxy groups -OCH3 is 1. The zero-order chi connectivity index (χ0) is 13.4. The SMILES string of the molecule is C=C(OCCCCCC)c1ccc(O)c(OC)c1. The Morgan fingerprint density at radius 1 is 1.28 bits per heavy atom. The molecule has 0 radical (unpaired) electrons. The van der Waals surface area contributed by atoms with Crippen molar-refractivity contribution >= 4 is 5.76 Å². The molecule has 1 rings (SSSR count). The van der Waals surface area contributed by atoms with Crippen molar-refractivity contribution in [2.24, 2.45) is 0 Å². The molecule has 1 aromatic rings. The van der Waals surface area contributed by atoms with Crippen LogP contribution in [0.3, 0.4) is 0 Å². The van der Waals surface area contributed by atoms with Gasteiger partial charge in [-0.1, -0.05) is 32.8 Å². The van der Waals surface area contributed by atoms with E-state index >= 15 is 0 Å². The molecular formula is C15H22O3.